The molecule has 120 valence electrons. The minimum absolute atomic E-state index is 0.0151. The first-order chi connectivity index (χ1) is 10.7. The molecule has 0 saturated heterocycles. The van der Waals surface area contributed by atoms with E-state index in [1.54, 1.807) is 19.9 Å². The first-order valence-electron chi connectivity index (χ1n) is 6.91. The van der Waals surface area contributed by atoms with Crippen molar-refractivity contribution in [1.82, 2.24) is 5.32 Å². The summed E-state index contributed by atoms with van der Waals surface area (Å²) in [6.07, 6.45) is 0. The molecule has 7 heteroatoms. The van der Waals surface area contributed by atoms with Gasteiger partial charge in [0.1, 0.15) is 0 Å². The van der Waals surface area contributed by atoms with E-state index in [2.05, 4.69) is 5.32 Å². The molecular formula is C16H16N2O5. The van der Waals surface area contributed by atoms with E-state index >= 15 is 0 Å². The highest BCUT2D eigenvalue weighted by atomic mass is 16.6. The third-order valence-electron chi connectivity index (χ3n) is 3.78. The maximum atomic E-state index is 12.0. The maximum absolute atomic E-state index is 12.0. The third-order valence-corrected chi connectivity index (χ3v) is 3.78. The number of nitrogens with one attached hydrogen (secondary N) is 1. The molecule has 1 unspecified atom stereocenters. The van der Waals surface area contributed by atoms with Crippen LogP contribution in [-0.2, 0) is 9.59 Å². The highest BCUT2D eigenvalue weighted by Gasteiger charge is 2.35. The Morgan fingerprint density at radius 1 is 1.22 bits per heavy atom. The number of carboxylic acids is 1. The van der Waals surface area contributed by atoms with Gasteiger partial charge in [-0.25, -0.2) is 4.79 Å². The van der Waals surface area contributed by atoms with Gasteiger partial charge >= 0.3 is 5.97 Å². The number of non-ortho nitro benzene ring substituents is 1. The Morgan fingerprint density at radius 3 is 2.35 bits per heavy atom. The number of carboxylic acid groups (broad SMARTS) is 1. The number of carbonyl (C=O) groups excluding carboxylic acids is 1. The topological polar surface area (TPSA) is 110 Å². The normalized spacial score (nSPS) is 17.8. The smallest absolute Gasteiger partial charge is 0.334 e. The van der Waals surface area contributed by atoms with Gasteiger partial charge in [0.2, 0.25) is 0 Å². The predicted octanol–water partition coefficient (Wildman–Crippen LogP) is 2.50. The molecule has 2 rings (SSSR count). The Morgan fingerprint density at radius 2 is 1.83 bits per heavy atom. The standard InChI is InChI=1S/C16H16N2O5/c1-8-13(10(3)19)15(14(16(20)21)9(2)17-8)11-5-4-6-12(7-11)18(22)23/h4-7,15,17H,1-3H3,(H,20,21). The number of nitro benzene ring substituents is 1. The number of ketones is 1. The lowest BCUT2D eigenvalue weighted by Crippen LogP contribution is -2.30. The molecular weight excluding hydrogens is 300 g/mol. The van der Waals surface area contributed by atoms with E-state index < -0.39 is 16.8 Å². The number of hydrogen-bond acceptors (Lipinski definition) is 5. The Hall–Kier alpha value is -2.96. The molecule has 1 aliphatic rings. The van der Waals surface area contributed by atoms with Gasteiger partial charge in [-0.1, -0.05) is 12.1 Å². The molecule has 1 atom stereocenters. The van der Waals surface area contributed by atoms with Gasteiger partial charge in [-0.3, -0.25) is 14.9 Å². The summed E-state index contributed by atoms with van der Waals surface area (Å²) in [5.74, 6) is -2.29. The Balaban J connectivity index is 2.72. The van der Waals surface area contributed by atoms with Crippen LogP contribution < -0.4 is 5.32 Å². The number of rotatable bonds is 4. The fourth-order valence-electron chi connectivity index (χ4n) is 2.90. The number of aliphatic carboxylic acids is 1. The zero-order valence-electron chi connectivity index (χ0n) is 12.9. The van der Waals surface area contributed by atoms with Crippen LogP contribution in [0.25, 0.3) is 0 Å². The lowest BCUT2D eigenvalue weighted by atomic mass is 9.79. The molecule has 0 aromatic heterocycles. The first-order valence-corrected chi connectivity index (χ1v) is 6.91. The monoisotopic (exact) mass is 316 g/mol. The zero-order valence-corrected chi connectivity index (χ0v) is 12.9. The van der Waals surface area contributed by atoms with Gasteiger partial charge in [0, 0.05) is 35.0 Å². The van der Waals surface area contributed by atoms with Crippen molar-refractivity contribution in [2.24, 2.45) is 0 Å². The van der Waals surface area contributed by atoms with Crippen LogP contribution in [0.1, 0.15) is 32.3 Å². The largest absolute Gasteiger partial charge is 0.478 e. The molecule has 1 aromatic carbocycles. The van der Waals surface area contributed by atoms with E-state index in [0.717, 1.165) is 0 Å². The molecule has 0 aliphatic carbocycles. The summed E-state index contributed by atoms with van der Waals surface area (Å²) in [5, 5.41) is 23.4. The van der Waals surface area contributed by atoms with E-state index in [0.29, 0.717) is 22.5 Å². The summed E-state index contributed by atoms with van der Waals surface area (Å²) < 4.78 is 0. The van der Waals surface area contributed by atoms with Crippen molar-refractivity contribution in [3.8, 4) is 0 Å². The molecule has 0 fully saturated rings. The Bertz CT molecular complexity index is 740. The van der Waals surface area contributed by atoms with Gasteiger partial charge < -0.3 is 10.4 Å². The summed E-state index contributed by atoms with van der Waals surface area (Å²) in [4.78, 5) is 34.1. The van der Waals surface area contributed by atoms with Crippen LogP contribution in [0, 0.1) is 10.1 Å². The fourth-order valence-corrected chi connectivity index (χ4v) is 2.90. The zero-order chi connectivity index (χ0) is 17.3. The van der Waals surface area contributed by atoms with Crippen molar-refractivity contribution >= 4 is 17.4 Å². The van der Waals surface area contributed by atoms with E-state index in [9.17, 15) is 24.8 Å². The van der Waals surface area contributed by atoms with E-state index in [1.807, 2.05) is 0 Å². The average molecular weight is 316 g/mol. The molecule has 1 aliphatic heterocycles. The number of nitrogens with zero attached hydrogens (tertiary/aromatic N) is 1. The lowest BCUT2D eigenvalue weighted by Gasteiger charge is -2.29. The van der Waals surface area contributed by atoms with Crippen LogP contribution in [0.5, 0.6) is 0 Å². The summed E-state index contributed by atoms with van der Waals surface area (Å²) in [6, 6.07) is 5.71. The van der Waals surface area contributed by atoms with Gasteiger partial charge in [0.15, 0.2) is 5.78 Å². The quantitative estimate of drug-likeness (QED) is 0.652. The van der Waals surface area contributed by atoms with Crippen LogP contribution >= 0.6 is 0 Å². The van der Waals surface area contributed by atoms with E-state index in [1.165, 1.54) is 25.1 Å². The summed E-state index contributed by atoms with van der Waals surface area (Å²) >= 11 is 0. The molecule has 1 aromatic rings. The van der Waals surface area contributed by atoms with Crippen molar-refractivity contribution in [2.45, 2.75) is 26.7 Å². The second kappa shape index (κ2) is 6.04. The SMILES string of the molecule is CC(=O)C1=C(C)NC(C)=C(C(=O)O)C1c1cccc([N+](=O)[O-])c1. The van der Waals surface area contributed by atoms with Gasteiger partial charge in [-0.15, -0.1) is 0 Å². The number of allylic oxidation sites excluding steroid dienone is 3. The van der Waals surface area contributed by atoms with Crippen LogP contribution in [-0.4, -0.2) is 21.8 Å². The minimum atomic E-state index is -1.17. The Labute approximate surface area is 132 Å². The highest BCUT2D eigenvalue weighted by Crippen LogP contribution is 2.39. The lowest BCUT2D eigenvalue weighted by molar-refractivity contribution is -0.384. The number of carbonyl (C=O) groups is 2. The van der Waals surface area contributed by atoms with E-state index in [4.69, 9.17) is 0 Å². The molecule has 23 heavy (non-hydrogen) atoms. The van der Waals surface area contributed by atoms with E-state index in [-0.39, 0.29) is 17.0 Å². The summed E-state index contributed by atoms with van der Waals surface area (Å²) in [6.45, 7) is 4.64. The second-order valence-corrected chi connectivity index (χ2v) is 5.35. The van der Waals surface area contributed by atoms with Crippen molar-refractivity contribution in [3.05, 3.63) is 62.5 Å². The second-order valence-electron chi connectivity index (χ2n) is 5.35. The fraction of sp³-hybridized carbons (Fsp3) is 0.250. The molecule has 0 saturated carbocycles. The first kappa shape index (κ1) is 16.4. The van der Waals surface area contributed by atoms with Crippen molar-refractivity contribution in [3.63, 3.8) is 0 Å². The maximum Gasteiger partial charge on any atom is 0.334 e. The molecule has 1 heterocycles. The highest BCUT2D eigenvalue weighted by molar-refractivity contribution is 6.01. The number of Topliss-reactive ketones (excluding diaryl/α,β-unsaturated/α-hetero) is 1. The van der Waals surface area contributed by atoms with Gasteiger partial charge in [0.05, 0.1) is 10.5 Å². The number of dihydropyridines is 1. The molecule has 0 radical (unpaired) electrons. The van der Waals surface area contributed by atoms with Gasteiger partial charge in [-0.05, 0) is 26.3 Å². The predicted molar refractivity (Wildman–Crippen MR) is 82.7 cm³/mol. The number of hydrogen-bond donors (Lipinski definition) is 2. The van der Waals surface area contributed by atoms with Crippen LogP contribution in [0.15, 0.2) is 46.8 Å². The van der Waals surface area contributed by atoms with Crippen molar-refractivity contribution in [2.75, 3.05) is 0 Å². The summed E-state index contributed by atoms with van der Waals surface area (Å²) in [7, 11) is 0. The minimum Gasteiger partial charge on any atom is -0.478 e. The molecule has 0 amide bonds. The van der Waals surface area contributed by atoms with Gasteiger partial charge in [-0.2, -0.15) is 0 Å². The van der Waals surface area contributed by atoms with Crippen LogP contribution in [0.4, 0.5) is 5.69 Å². The van der Waals surface area contributed by atoms with Crippen molar-refractivity contribution in [1.29, 1.82) is 0 Å². The molecule has 7 nitrogen and oxygen atoms in total. The Kier molecular flexibility index (Phi) is 4.31. The number of nitro groups is 1. The molecule has 2 N–H and O–H groups in total. The average Bonchev–Trinajstić information content (AvgIpc) is 2.45. The third kappa shape index (κ3) is 2.98. The van der Waals surface area contributed by atoms with Gasteiger partial charge in [0.25, 0.3) is 5.69 Å². The van der Waals surface area contributed by atoms with Crippen LogP contribution in [0.3, 0.4) is 0 Å². The number of benzene rings is 1. The summed E-state index contributed by atoms with van der Waals surface area (Å²) in [5.41, 5.74) is 1.54. The van der Waals surface area contributed by atoms with Crippen molar-refractivity contribution < 1.29 is 19.6 Å². The molecule has 0 bridgehead atoms. The molecule has 0 spiro atoms. The van der Waals surface area contributed by atoms with Crippen LogP contribution in [0.2, 0.25) is 0 Å².